The molecule has 0 atom stereocenters. The van der Waals surface area contributed by atoms with Gasteiger partial charge in [0, 0.05) is 24.9 Å². The fourth-order valence-electron chi connectivity index (χ4n) is 1.60. The number of methoxy groups -OCH3 is 2. The first-order valence-electron chi connectivity index (χ1n) is 5.79. The molecule has 0 aliphatic heterocycles. The van der Waals surface area contributed by atoms with Gasteiger partial charge in [-0.15, -0.1) is 0 Å². The molecule has 0 saturated heterocycles. The highest BCUT2D eigenvalue weighted by Gasteiger charge is 2.04. The molecule has 0 spiro atoms. The van der Waals surface area contributed by atoms with Gasteiger partial charge in [-0.1, -0.05) is 6.07 Å². The molecule has 2 aromatic rings. The second-order valence-electron chi connectivity index (χ2n) is 3.91. The summed E-state index contributed by atoms with van der Waals surface area (Å²) in [6.07, 6.45) is 1.68. The molecule has 1 heterocycles. The van der Waals surface area contributed by atoms with Crippen LogP contribution in [-0.2, 0) is 6.54 Å². The minimum absolute atomic E-state index is 0.317. The van der Waals surface area contributed by atoms with E-state index in [2.05, 4.69) is 10.3 Å². The van der Waals surface area contributed by atoms with Gasteiger partial charge >= 0.3 is 0 Å². The largest absolute Gasteiger partial charge is 0.497 e. The van der Waals surface area contributed by atoms with Crippen LogP contribution in [0.4, 0.5) is 10.1 Å². The number of nitrogens with zero attached hydrogens (tertiary/aromatic N) is 1. The van der Waals surface area contributed by atoms with Crippen molar-refractivity contribution in [3.05, 3.63) is 47.9 Å². The number of aromatic nitrogens is 1. The van der Waals surface area contributed by atoms with E-state index in [1.54, 1.807) is 38.6 Å². The van der Waals surface area contributed by atoms with Crippen LogP contribution < -0.4 is 14.8 Å². The van der Waals surface area contributed by atoms with Gasteiger partial charge in [-0.3, -0.25) is 0 Å². The molecule has 1 N–H and O–H groups in total. The molecule has 0 saturated carbocycles. The van der Waals surface area contributed by atoms with Gasteiger partial charge in [-0.2, -0.15) is 0 Å². The second kappa shape index (κ2) is 6.04. The summed E-state index contributed by atoms with van der Waals surface area (Å²) in [4.78, 5) is 4.08. The van der Waals surface area contributed by atoms with E-state index in [0.29, 0.717) is 23.9 Å². The molecular weight excluding hydrogens is 247 g/mol. The Morgan fingerprint density at radius 2 is 2.00 bits per heavy atom. The highest BCUT2D eigenvalue weighted by molar-refractivity contribution is 5.49. The Hall–Kier alpha value is -2.30. The van der Waals surface area contributed by atoms with Crippen molar-refractivity contribution in [3.63, 3.8) is 0 Å². The van der Waals surface area contributed by atoms with E-state index in [1.165, 1.54) is 6.07 Å². The number of anilines is 1. The van der Waals surface area contributed by atoms with Gasteiger partial charge in [-0.05, 0) is 17.7 Å². The molecule has 0 aliphatic rings. The first-order valence-corrected chi connectivity index (χ1v) is 5.79. The third-order valence-corrected chi connectivity index (χ3v) is 2.66. The Bertz CT molecular complexity index is 544. The SMILES string of the molecule is COc1ccc(F)c(NCc2ccc(OC)nc2)c1. The van der Waals surface area contributed by atoms with E-state index >= 15 is 0 Å². The van der Waals surface area contributed by atoms with Crippen molar-refractivity contribution in [2.24, 2.45) is 0 Å². The van der Waals surface area contributed by atoms with Crippen LogP contribution in [-0.4, -0.2) is 19.2 Å². The predicted molar refractivity (Wildman–Crippen MR) is 71.1 cm³/mol. The fraction of sp³-hybridized carbons (Fsp3) is 0.214. The van der Waals surface area contributed by atoms with Crippen LogP contribution >= 0.6 is 0 Å². The van der Waals surface area contributed by atoms with Crippen molar-refractivity contribution in [2.75, 3.05) is 19.5 Å². The number of hydrogen-bond donors (Lipinski definition) is 1. The lowest BCUT2D eigenvalue weighted by Gasteiger charge is -2.09. The van der Waals surface area contributed by atoms with E-state index in [1.807, 2.05) is 6.07 Å². The summed E-state index contributed by atoms with van der Waals surface area (Å²) in [5, 5.41) is 3.01. The lowest BCUT2D eigenvalue weighted by molar-refractivity contribution is 0.397. The van der Waals surface area contributed by atoms with Crippen LogP contribution in [0.5, 0.6) is 11.6 Å². The first-order chi connectivity index (χ1) is 9.22. The van der Waals surface area contributed by atoms with Crippen molar-refractivity contribution in [2.45, 2.75) is 6.54 Å². The molecule has 5 heteroatoms. The molecule has 4 nitrogen and oxygen atoms in total. The van der Waals surface area contributed by atoms with Gasteiger partial charge in [-0.25, -0.2) is 9.37 Å². The van der Waals surface area contributed by atoms with Crippen molar-refractivity contribution >= 4 is 5.69 Å². The Morgan fingerprint density at radius 3 is 2.63 bits per heavy atom. The van der Waals surface area contributed by atoms with E-state index in [9.17, 15) is 4.39 Å². The third kappa shape index (κ3) is 3.34. The van der Waals surface area contributed by atoms with Gasteiger partial charge in [0.2, 0.25) is 5.88 Å². The maximum Gasteiger partial charge on any atom is 0.212 e. The van der Waals surface area contributed by atoms with Crippen LogP contribution in [0.25, 0.3) is 0 Å². The average Bonchev–Trinajstić information content (AvgIpc) is 2.47. The topological polar surface area (TPSA) is 43.4 Å². The van der Waals surface area contributed by atoms with Gasteiger partial charge in [0.25, 0.3) is 0 Å². The Labute approximate surface area is 111 Å². The highest BCUT2D eigenvalue weighted by atomic mass is 19.1. The highest BCUT2D eigenvalue weighted by Crippen LogP contribution is 2.21. The number of rotatable bonds is 5. The normalized spacial score (nSPS) is 10.1. The molecule has 100 valence electrons. The van der Waals surface area contributed by atoms with Crippen molar-refractivity contribution in [3.8, 4) is 11.6 Å². The summed E-state index contributed by atoms with van der Waals surface area (Å²) in [5.74, 6) is 0.843. The van der Waals surface area contributed by atoms with Crippen LogP contribution in [0, 0.1) is 5.82 Å². The molecule has 0 bridgehead atoms. The fourth-order valence-corrected chi connectivity index (χ4v) is 1.60. The monoisotopic (exact) mass is 262 g/mol. The summed E-state index contributed by atoms with van der Waals surface area (Å²) >= 11 is 0. The van der Waals surface area contributed by atoms with Crippen LogP contribution in [0.2, 0.25) is 0 Å². The van der Waals surface area contributed by atoms with Gasteiger partial charge in [0.1, 0.15) is 11.6 Å². The second-order valence-corrected chi connectivity index (χ2v) is 3.91. The van der Waals surface area contributed by atoms with E-state index in [4.69, 9.17) is 9.47 Å². The molecule has 0 radical (unpaired) electrons. The number of nitrogens with one attached hydrogen (secondary N) is 1. The molecule has 1 aromatic heterocycles. The molecule has 0 fully saturated rings. The third-order valence-electron chi connectivity index (χ3n) is 2.66. The molecule has 0 amide bonds. The molecule has 1 aromatic carbocycles. The Morgan fingerprint density at radius 1 is 1.16 bits per heavy atom. The molecule has 2 rings (SSSR count). The Kier molecular flexibility index (Phi) is 4.18. The number of benzene rings is 1. The minimum Gasteiger partial charge on any atom is -0.497 e. The van der Waals surface area contributed by atoms with Gasteiger partial charge < -0.3 is 14.8 Å². The van der Waals surface area contributed by atoms with Crippen LogP contribution in [0.1, 0.15) is 5.56 Å². The lowest BCUT2D eigenvalue weighted by atomic mass is 10.2. The zero-order valence-corrected chi connectivity index (χ0v) is 10.8. The van der Waals surface area contributed by atoms with Gasteiger partial charge in [0.05, 0.1) is 19.9 Å². The summed E-state index contributed by atoms with van der Waals surface area (Å²) in [6, 6.07) is 8.20. The predicted octanol–water partition coefficient (Wildman–Crippen LogP) is 2.85. The standard InChI is InChI=1S/C14H15FN2O2/c1-18-11-4-5-12(15)13(7-11)16-8-10-3-6-14(19-2)17-9-10/h3-7,9,16H,8H2,1-2H3. The van der Waals surface area contributed by atoms with Crippen molar-refractivity contribution < 1.29 is 13.9 Å². The summed E-state index contributed by atoms with van der Waals surface area (Å²) < 4.78 is 23.6. The van der Waals surface area contributed by atoms with Crippen LogP contribution in [0.15, 0.2) is 36.5 Å². The number of ether oxygens (including phenoxy) is 2. The van der Waals surface area contributed by atoms with E-state index < -0.39 is 0 Å². The van der Waals surface area contributed by atoms with E-state index in [0.717, 1.165) is 5.56 Å². The molecule has 0 unspecified atom stereocenters. The van der Waals surface area contributed by atoms with Gasteiger partial charge in [0.15, 0.2) is 0 Å². The maximum atomic E-state index is 13.6. The quantitative estimate of drug-likeness (QED) is 0.899. The molecule has 19 heavy (non-hydrogen) atoms. The average molecular weight is 262 g/mol. The first kappa shape index (κ1) is 13.1. The summed E-state index contributed by atoms with van der Waals surface area (Å²) in [7, 11) is 3.11. The molecular formula is C14H15FN2O2. The minimum atomic E-state index is -0.317. The number of pyridine rings is 1. The number of halogens is 1. The lowest BCUT2D eigenvalue weighted by Crippen LogP contribution is -2.02. The maximum absolute atomic E-state index is 13.6. The van der Waals surface area contributed by atoms with E-state index in [-0.39, 0.29) is 5.82 Å². The summed E-state index contributed by atoms with van der Waals surface area (Å²) in [6.45, 7) is 0.473. The zero-order chi connectivity index (χ0) is 13.7. The van der Waals surface area contributed by atoms with Crippen LogP contribution in [0.3, 0.4) is 0 Å². The number of hydrogen-bond acceptors (Lipinski definition) is 4. The molecule has 0 aliphatic carbocycles. The smallest absolute Gasteiger partial charge is 0.212 e. The summed E-state index contributed by atoms with van der Waals surface area (Å²) in [5.41, 5.74) is 1.33. The van der Waals surface area contributed by atoms with Crippen molar-refractivity contribution in [1.82, 2.24) is 4.98 Å². The Balaban J connectivity index is 2.05. The zero-order valence-electron chi connectivity index (χ0n) is 10.8. The van der Waals surface area contributed by atoms with Crippen molar-refractivity contribution in [1.29, 1.82) is 0 Å².